The van der Waals surface area contributed by atoms with Crippen LogP contribution in [-0.2, 0) is 7.05 Å². The van der Waals surface area contributed by atoms with Gasteiger partial charge in [0.25, 0.3) is 5.56 Å². The van der Waals surface area contributed by atoms with Gasteiger partial charge in [0.15, 0.2) is 0 Å². The number of benzene rings is 2. The number of nitriles is 1. The number of amides is 1. The SMILES string of the molecule is Cn1cc(-c2cnn(-c3ccccc3C#N)c2)c(-c2ccc(C(N)=O)cc2)cc1=O. The molecule has 0 aliphatic heterocycles. The molecule has 2 heterocycles. The zero-order chi connectivity index (χ0) is 21.3. The molecule has 0 bridgehead atoms. The van der Waals surface area contributed by atoms with Crippen LogP contribution in [-0.4, -0.2) is 20.3 Å². The number of carbonyl (C=O) groups is 1. The number of rotatable bonds is 4. The van der Waals surface area contributed by atoms with Gasteiger partial charge < -0.3 is 10.3 Å². The molecule has 0 fully saturated rings. The highest BCUT2D eigenvalue weighted by molar-refractivity contribution is 5.93. The average molecular weight is 395 g/mol. The van der Waals surface area contributed by atoms with Crippen LogP contribution in [0.2, 0.25) is 0 Å². The first-order valence-electron chi connectivity index (χ1n) is 9.13. The lowest BCUT2D eigenvalue weighted by molar-refractivity contribution is 0.100. The maximum atomic E-state index is 12.3. The van der Waals surface area contributed by atoms with E-state index in [1.54, 1.807) is 66.6 Å². The number of aryl methyl sites for hydroxylation is 1. The van der Waals surface area contributed by atoms with Crippen LogP contribution in [0.25, 0.3) is 27.9 Å². The molecule has 0 spiro atoms. The topological polar surface area (TPSA) is 107 Å². The summed E-state index contributed by atoms with van der Waals surface area (Å²) in [4.78, 5) is 23.7. The van der Waals surface area contributed by atoms with E-state index >= 15 is 0 Å². The van der Waals surface area contributed by atoms with Crippen molar-refractivity contribution in [2.45, 2.75) is 0 Å². The fourth-order valence-electron chi connectivity index (χ4n) is 3.27. The Morgan fingerprint density at radius 2 is 1.77 bits per heavy atom. The summed E-state index contributed by atoms with van der Waals surface area (Å²) in [6.07, 6.45) is 5.25. The number of pyridine rings is 1. The minimum Gasteiger partial charge on any atom is -0.366 e. The third-order valence-corrected chi connectivity index (χ3v) is 4.87. The number of nitrogens with two attached hydrogens (primary N) is 1. The van der Waals surface area contributed by atoms with E-state index < -0.39 is 5.91 Å². The predicted octanol–water partition coefficient (Wildman–Crippen LogP) is 2.88. The lowest BCUT2D eigenvalue weighted by atomic mass is 9.97. The predicted molar refractivity (Wildman–Crippen MR) is 113 cm³/mol. The molecule has 30 heavy (non-hydrogen) atoms. The molecule has 2 aromatic heterocycles. The van der Waals surface area contributed by atoms with Crippen molar-refractivity contribution in [2.75, 3.05) is 0 Å². The Morgan fingerprint density at radius 1 is 1.03 bits per heavy atom. The van der Waals surface area contributed by atoms with Gasteiger partial charge in [-0.25, -0.2) is 4.68 Å². The second kappa shape index (κ2) is 7.53. The fraction of sp³-hybridized carbons (Fsp3) is 0.0435. The van der Waals surface area contributed by atoms with Crippen molar-refractivity contribution < 1.29 is 4.79 Å². The second-order valence-corrected chi connectivity index (χ2v) is 6.79. The molecule has 0 unspecified atom stereocenters. The molecular formula is C23H17N5O2. The van der Waals surface area contributed by atoms with Crippen LogP contribution in [0.15, 0.2) is 78.0 Å². The van der Waals surface area contributed by atoms with Crippen LogP contribution in [0.5, 0.6) is 0 Å². The van der Waals surface area contributed by atoms with Gasteiger partial charge >= 0.3 is 0 Å². The summed E-state index contributed by atoms with van der Waals surface area (Å²) in [6.45, 7) is 0. The molecule has 2 aromatic carbocycles. The molecule has 0 saturated heterocycles. The summed E-state index contributed by atoms with van der Waals surface area (Å²) >= 11 is 0. The molecule has 4 aromatic rings. The van der Waals surface area contributed by atoms with Crippen LogP contribution in [0, 0.1) is 11.3 Å². The van der Waals surface area contributed by atoms with E-state index in [-0.39, 0.29) is 5.56 Å². The quantitative estimate of drug-likeness (QED) is 0.573. The van der Waals surface area contributed by atoms with Gasteiger partial charge in [-0.15, -0.1) is 0 Å². The minimum absolute atomic E-state index is 0.157. The molecule has 0 saturated carbocycles. The van der Waals surface area contributed by atoms with E-state index in [0.29, 0.717) is 22.4 Å². The van der Waals surface area contributed by atoms with Crippen molar-refractivity contribution in [1.29, 1.82) is 5.26 Å². The lowest BCUT2D eigenvalue weighted by Crippen LogP contribution is -2.15. The number of nitrogens with zero attached hydrogens (tertiary/aromatic N) is 4. The van der Waals surface area contributed by atoms with Crippen molar-refractivity contribution in [3.8, 4) is 34.0 Å². The third-order valence-electron chi connectivity index (χ3n) is 4.87. The molecular weight excluding hydrogens is 378 g/mol. The first-order chi connectivity index (χ1) is 14.5. The van der Waals surface area contributed by atoms with Gasteiger partial charge in [-0.05, 0) is 35.4 Å². The van der Waals surface area contributed by atoms with Crippen molar-refractivity contribution >= 4 is 5.91 Å². The first-order valence-corrected chi connectivity index (χ1v) is 9.13. The van der Waals surface area contributed by atoms with E-state index in [1.165, 1.54) is 4.57 Å². The standard InChI is InChI=1S/C23H17N5O2/c1-27-14-20(18-12-26-28(13-18)21-5-3-2-4-17(21)11-24)19(10-22(27)29)15-6-8-16(9-7-15)23(25)30/h2-10,12-14H,1H3,(H2,25,30). The van der Waals surface area contributed by atoms with Crippen molar-refractivity contribution in [1.82, 2.24) is 14.3 Å². The Kier molecular flexibility index (Phi) is 4.74. The van der Waals surface area contributed by atoms with Crippen molar-refractivity contribution in [2.24, 2.45) is 12.8 Å². The van der Waals surface area contributed by atoms with Crippen LogP contribution >= 0.6 is 0 Å². The van der Waals surface area contributed by atoms with E-state index in [1.807, 2.05) is 18.3 Å². The van der Waals surface area contributed by atoms with E-state index in [4.69, 9.17) is 5.73 Å². The number of hydrogen-bond acceptors (Lipinski definition) is 4. The largest absolute Gasteiger partial charge is 0.366 e. The molecule has 7 heteroatoms. The maximum Gasteiger partial charge on any atom is 0.250 e. The van der Waals surface area contributed by atoms with Crippen LogP contribution in [0.3, 0.4) is 0 Å². The highest BCUT2D eigenvalue weighted by Gasteiger charge is 2.14. The minimum atomic E-state index is -0.511. The number of hydrogen-bond donors (Lipinski definition) is 1. The molecule has 146 valence electrons. The molecule has 4 rings (SSSR count). The summed E-state index contributed by atoms with van der Waals surface area (Å²) in [5.74, 6) is -0.511. The highest BCUT2D eigenvalue weighted by Crippen LogP contribution is 2.31. The molecule has 0 aliphatic rings. The molecule has 0 aliphatic carbocycles. The Morgan fingerprint density at radius 3 is 2.47 bits per heavy atom. The number of carbonyl (C=O) groups excluding carboxylic acids is 1. The zero-order valence-electron chi connectivity index (χ0n) is 16.1. The van der Waals surface area contributed by atoms with Gasteiger partial charge in [0.2, 0.25) is 5.91 Å². The molecule has 2 N–H and O–H groups in total. The lowest BCUT2D eigenvalue weighted by Gasteiger charge is -2.11. The first kappa shape index (κ1) is 18.9. The number of para-hydroxylation sites is 1. The second-order valence-electron chi connectivity index (χ2n) is 6.79. The van der Waals surface area contributed by atoms with Gasteiger partial charge in [0, 0.05) is 42.2 Å². The van der Waals surface area contributed by atoms with Crippen LogP contribution in [0.1, 0.15) is 15.9 Å². The summed E-state index contributed by atoms with van der Waals surface area (Å²) < 4.78 is 3.14. The summed E-state index contributed by atoms with van der Waals surface area (Å²) in [6, 6.07) is 17.7. The molecule has 1 amide bonds. The molecule has 7 nitrogen and oxygen atoms in total. The monoisotopic (exact) mass is 395 g/mol. The van der Waals surface area contributed by atoms with Crippen molar-refractivity contribution in [3.05, 3.63) is 94.7 Å². The molecule has 0 atom stereocenters. The van der Waals surface area contributed by atoms with Crippen LogP contribution in [0.4, 0.5) is 0 Å². The summed E-state index contributed by atoms with van der Waals surface area (Å²) in [5.41, 5.74) is 9.80. The maximum absolute atomic E-state index is 12.3. The Labute approximate surface area is 172 Å². The van der Waals surface area contributed by atoms with E-state index in [2.05, 4.69) is 11.2 Å². The summed E-state index contributed by atoms with van der Waals surface area (Å²) in [7, 11) is 1.68. The Hall–Kier alpha value is -4.44. The van der Waals surface area contributed by atoms with Gasteiger partial charge in [-0.3, -0.25) is 9.59 Å². The summed E-state index contributed by atoms with van der Waals surface area (Å²) in [5, 5.41) is 13.8. The van der Waals surface area contributed by atoms with Gasteiger partial charge in [-0.1, -0.05) is 24.3 Å². The number of primary amides is 1. The zero-order valence-corrected chi connectivity index (χ0v) is 16.1. The fourth-order valence-corrected chi connectivity index (χ4v) is 3.27. The van der Waals surface area contributed by atoms with E-state index in [0.717, 1.165) is 16.7 Å². The van der Waals surface area contributed by atoms with Crippen molar-refractivity contribution in [3.63, 3.8) is 0 Å². The van der Waals surface area contributed by atoms with Crippen LogP contribution < -0.4 is 11.3 Å². The number of aromatic nitrogens is 3. The highest BCUT2D eigenvalue weighted by atomic mass is 16.1. The van der Waals surface area contributed by atoms with Gasteiger partial charge in [-0.2, -0.15) is 10.4 Å². The normalized spacial score (nSPS) is 10.5. The Bertz CT molecular complexity index is 1360. The molecule has 0 radical (unpaired) electrons. The smallest absolute Gasteiger partial charge is 0.250 e. The Balaban J connectivity index is 1.85. The van der Waals surface area contributed by atoms with E-state index in [9.17, 15) is 14.9 Å². The average Bonchev–Trinajstić information content (AvgIpc) is 3.25. The third kappa shape index (κ3) is 3.38. The van der Waals surface area contributed by atoms with Gasteiger partial charge in [0.1, 0.15) is 6.07 Å². The van der Waals surface area contributed by atoms with Gasteiger partial charge in [0.05, 0.1) is 17.4 Å².